The molecule has 2 N–H and O–H groups in total. The zero-order valence-corrected chi connectivity index (χ0v) is 9.53. The summed E-state index contributed by atoms with van der Waals surface area (Å²) in [7, 11) is -9.00. The maximum absolute atomic E-state index is 12.1. The quantitative estimate of drug-likeness (QED) is 0.622. The van der Waals surface area contributed by atoms with Crippen molar-refractivity contribution >= 4 is 29.2 Å². The summed E-state index contributed by atoms with van der Waals surface area (Å²) in [5, 5.41) is 0.173. The maximum Gasteiger partial charge on any atom is 0.356 e. The molecule has 0 aliphatic carbocycles. The highest BCUT2D eigenvalue weighted by atomic mass is 32.3. The van der Waals surface area contributed by atoms with E-state index in [1.807, 2.05) is 0 Å². The van der Waals surface area contributed by atoms with Gasteiger partial charge in [0.05, 0.1) is 10.7 Å². The zero-order valence-electron chi connectivity index (χ0n) is 7.82. The third kappa shape index (κ3) is 4.24. The molecule has 1 aromatic rings. The second kappa shape index (κ2) is 4.47. The Bertz CT molecular complexity index is 542. The molecule has 0 aromatic heterocycles. The fourth-order valence-electron chi connectivity index (χ4n) is 0.939. The summed E-state index contributed by atoms with van der Waals surface area (Å²) < 4.78 is 43.2. The summed E-state index contributed by atoms with van der Waals surface area (Å²) in [6.45, 7) is 0. The van der Waals surface area contributed by atoms with Crippen LogP contribution >= 0.6 is 7.60 Å². The Labute approximate surface area is 91.6 Å². The van der Waals surface area contributed by atoms with Gasteiger partial charge in [-0.05, 0) is 23.8 Å². The van der Waals surface area contributed by atoms with Crippen molar-refractivity contribution in [3.05, 3.63) is 35.2 Å². The van der Waals surface area contributed by atoms with Crippen molar-refractivity contribution in [3.63, 3.8) is 0 Å². The molecule has 0 fully saturated rings. The van der Waals surface area contributed by atoms with Crippen LogP contribution < -0.4 is 5.30 Å². The monoisotopic (exact) mass is 266 g/mol. The van der Waals surface area contributed by atoms with Crippen LogP contribution in [0.2, 0.25) is 0 Å². The third-order valence-corrected chi connectivity index (χ3v) is 3.08. The molecule has 5 nitrogen and oxygen atoms in total. The highest BCUT2D eigenvalue weighted by Crippen LogP contribution is 2.32. The van der Waals surface area contributed by atoms with E-state index < -0.39 is 17.8 Å². The van der Waals surface area contributed by atoms with Crippen LogP contribution in [0.25, 0.3) is 6.08 Å². The molecular formula is C8H8FO5PS. The van der Waals surface area contributed by atoms with Gasteiger partial charge in [-0.3, -0.25) is 4.57 Å². The molecule has 0 amide bonds. The van der Waals surface area contributed by atoms with Crippen LogP contribution in [0, 0.1) is 0 Å². The summed E-state index contributed by atoms with van der Waals surface area (Å²) in [4.78, 5) is 17.6. The van der Waals surface area contributed by atoms with E-state index in [0.29, 0.717) is 11.0 Å². The van der Waals surface area contributed by atoms with E-state index in [1.54, 1.807) is 0 Å². The van der Waals surface area contributed by atoms with Crippen LogP contribution in [0.1, 0.15) is 5.56 Å². The Morgan fingerprint density at radius 1 is 1.19 bits per heavy atom. The number of hydrogen-bond acceptors (Lipinski definition) is 3. The molecule has 0 unspecified atom stereocenters. The standard InChI is InChI=1S/C8H8FO5PS/c9-16(13,14)6-5-7-1-3-8(4-2-7)15(10,11)12/h1-6H,(H2,10,11,12)/b6-5+. The maximum atomic E-state index is 12.1. The lowest BCUT2D eigenvalue weighted by atomic mass is 10.2. The van der Waals surface area contributed by atoms with Crippen molar-refractivity contribution in [1.82, 2.24) is 0 Å². The van der Waals surface area contributed by atoms with Crippen molar-refractivity contribution in [2.24, 2.45) is 0 Å². The fourth-order valence-corrected chi connectivity index (χ4v) is 1.80. The van der Waals surface area contributed by atoms with Gasteiger partial charge in [0, 0.05) is 0 Å². The van der Waals surface area contributed by atoms with Gasteiger partial charge in [-0.1, -0.05) is 12.1 Å². The molecule has 1 rings (SSSR count). The van der Waals surface area contributed by atoms with Crippen LogP contribution in [0.15, 0.2) is 29.7 Å². The summed E-state index contributed by atoms with van der Waals surface area (Å²) in [6, 6.07) is 4.84. The van der Waals surface area contributed by atoms with Crippen LogP contribution in [0.5, 0.6) is 0 Å². The van der Waals surface area contributed by atoms with Gasteiger partial charge in [-0.25, -0.2) is 0 Å². The van der Waals surface area contributed by atoms with Gasteiger partial charge < -0.3 is 9.79 Å². The lowest BCUT2D eigenvalue weighted by Gasteiger charge is -2.03. The van der Waals surface area contributed by atoms with E-state index in [4.69, 9.17) is 9.79 Å². The SMILES string of the molecule is O=P(O)(O)c1ccc(/C=C/S(=O)(=O)F)cc1. The van der Waals surface area contributed by atoms with Gasteiger partial charge in [0.25, 0.3) is 0 Å². The number of rotatable bonds is 3. The minimum Gasteiger partial charge on any atom is -0.321 e. The second-order valence-corrected chi connectivity index (χ2v) is 5.74. The molecule has 0 aliphatic heterocycles. The Morgan fingerprint density at radius 3 is 2.06 bits per heavy atom. The molecule has 88 valence electrons. The van der Waals surface area contributed by atoms with E-state index in [9.17, 15) is 16.9 Å². The predicted molar refractivity (Wildman–Crippen MR) is 57.2 cm³/mol. The highest BCUT2D eigenvalue weighted by Gasteiger charge is 2.15. The molecule has 0 spiro atoms. The molecule has 0 bridgehead atoms. The first-order valence-electron chi connectivity index (χ1n) is 3.97. The molecule has 0 atom stereocenters. The van der Waals surface area contributed by atoms with E-state index in [-0.39, 0.29) is 5.30 Å². The fraction of sp³-hybridized carbons (Fsp3) is 0. The van der Waals surface area contributed by atoms with Crippen LogP contribution in [0.4, 0.5) is 3.89 Å². The normalized spacial score (nSPS) is 13.2. The first-order chi connectivity index (χ1) is 7.18. The summed E-state index contributed by atoms with van der Waals surface area (Å²) in [6.07, 6.45) is 0.985. The first-order valence-corrected chi connectivity index (χ1v) is 7.03. The summed E-state index contributed by atoms with van der Waals surface area (Å²) in [5.41, 5.74) is 0.318. The number of hydrogen-bond donors (Lipinski definition) is 2. The molecule has 0 radical (unpaired) electrons. The van der Waals surface area contributed by atoms with Crippen LogP contribution in [0.3, 0.4) is 0 Å². The summed E-state index contributed by atoms with van der Waals surface area (Å²) >= 11 is 0. The van der Waals surface area contributed by atoms with E-state index >= 15 is 0 Å². The molecule has 16 heavy (non-hydrogen) atoms. The van der Waals surface area contributed by atoms with Crippen LogP contribution in [-0.2, 0) is 14.8 Å². The largest absolute Gasteiger partial charge is 0.356 e. The molecule has 0 saturated heterocycles. The van der Waals surface area contributed by atoms with E-state index in [2.05, 4.69) is 0 Å². The second-order valence-electron chi connectivity index (χ2n) is 2.91. The van der Waals surface area contributed by atoms with E-state index in [0.717, 1.165) is 18.2 Å². The average Bonchev–Trinajstić information content (AvgIpc) is 2.13. The van der Waals surface area contributed by atoms with Gasteiger partial charge in [-0.2, -0.15) is 8.42 Å². The lowest BCUT2D eigenvalue weighted by molar-refractivity contribution is 0.387. The smallest absolute Gasteiger partial charge is 0.321 e. The first kappa shape index (κ1) is 13.1. The summed E-state index contributed by atoms with van der Waals surface area (Å²) in [5.74, 6) is 0. The Balaban J connectivity index is 2.97. The topological polar surface area (TPSA) is 91.7 Å². The average molecular weight is 266 g/mol. The molecule has 8 heteroatoms. The number of benzene rings is 1. The predicted octanol–water partition coefficient (Wildman–Crippen LogP) is 0.760. The van der Waals surface area contributed by atoms with Gasteiger partial charge in [0.2, 0.25) is 0 Å². The zero-order chi connectivity index (χ0) is 12.4. The minimum absolute atomic E-state index is 0.187. The van der Waals surface area contributed by atoms with E-state index in [1.165, 1.54) is 12.1 Å². The molecule has 1 aromatic carbocycles. The molecular weight excluding hydrogens is 258 g/mol. The molecule has 0 aliphatic rings. The Kier molecular flexibility index (Phi) is 3.64. The van der Waals surface area contributed by atoms with Crippen molar-refractivity contribution in [2.75, 3.05) is 0 Å². The van der Waals surface area contributed by atoms with Crippen molar-refractivity contribution in [2.45, 2.75) is 0 Å². The molecule has 0 saturated carbocycles. The van der Waals surface area contributed by atoms with Gasteiger partial charge in [-0.15, -0.1) is 3.89 Å². The van der Waals surface area contributed by atoms with Gasteiger partial charge in [0.15, 0.2) is 0 Å². The van der Waals surface area contributed by atoms with Crippen molar-refractivity contribution in [3.8, 4) is 0 Å². The van der Waals surface area contributed by atoms with Crippen molar-refractivity contribution < 1.29 is 26.7 Å². The van der Waals surface area contributed by atoms with Crippen molar-refractivity contribution in [1.29, 1.82) is 0 Å². The van der Waals surface area contributed by atoms with Gasteiger partial charge in [0.1, 0.15) is 0 Å². The van der Waals surface area contributed by atoms with Gasteiger partial charge >= 0.3 is 17.8 Å². The lowest BCUT2D eigenvalue weighted by Crippen LogP contribution is -2.02. The minimum atomic E-state index is -4.69. The number of halogens is 1. The Morgan fingerprint density at radius 2 is 1.69 bits per heavy atom. The Hall–Kier alpha value is -1.01. The third-order valence-electron chi connectivity index (χ3n) is 1.65. The molecule has 0 heterocycles. The highest BCUT2D eigenvalue weighted by molar-refractivity contribution is 7.89. The van der Waals surface area contributed by atoms with Crippen LogP contribution in [-0.4, -0.2) is 18.2 Å².